The van der Waals surface area contributed by atoms with E-state index in [2.05, 4.69) is 20.1 Å². The maximum atomic E-state index is 13.1. The Balaban J connectivity index is 1.64. The van der Waals surface area contributed by atoms with Gasteiger partial charge < -0.3 is 14.7 Å². The molecule has 4 heterocycles. The molecule has 34 heavy (non-hydrogen) atoms. The summed E-state index contributed by atoms with van der Waals surface area (Å²) in [6.07, 6.45) is -4.61. The normalized spacial score (nSPS) is 14.6. The van der Waals surface area contributed by atoms with Gasteiger partial charge in [-0.2, -0.15) is 28.1 Å². The van der Waals surface area contributed by atoms with Gasteiger partial charge in [0.1, 0.15) is 5.69 Å². The lowest BCUT2D eigenvalue weighted by Crippen LogP contribution is -2.36. The number of morpholine rings is 1. The van der Waals surface area contributed by atoms with E-state index in [-0.39, 0.29) is 17.2 Å². The van der Waals surface area contributed by atoms with Gasteiger partial charge in [0.25, 0.3) is 0 Å². The Morgan fingerprint density at radius 1 is 1.15 bits per heavy atom. The number of pyridine rings is 1. The summed E-state index contributed by atoms with van der Waals surface area (Å²) in [5, 5.41) is 20.1. The molecule has 0 saturated carbocycles. The third-order valence-electron chi connectivity index (χ3n) is 5.67. The molecule has 9 nitrogen and oxygen atoms in total. The van der Waals surface area contributed by atoms with Gasteiger partial charge >= 0.3 is 12.1 Å². The quantitative estimate of drug-likeness (QED) is 0.466. The Labute approximate surface area is 190 Å². The van der Waals surface area contributed by atoms with Crippen LogP contribution in [-0.4, -0.2) is 62.3 Å². The number of aromatic amines is 1. The van der Waals surface area contributed by atoms with E-state index in [1.807, 2.05) is 29.4 Å². The van der Waals surface area contributed by atoms with Crippen LogP contribution in [0.25, 0.3) is 28.0 Å². The minimum atomic E-state index is -4.61. The van der Waals surface area contributed by atoms with E-state index in [0.717, 1.165) is 35.1 Å². The van der Waals surface area contributed by atoms with Crippen molar-refractivity contribution in [3.63, 3.8) is 0 Å². The van der Waals surface area contributed by atoms with Gasteiger partial charge in [-0.25, -0.2) is 9.78 Å². The van der Waals surface area contributed by atoms with Crippen LogP contribution in [0.2, 0.25) is 0 Å². The van der Waals surface area contributed by atoms with E-state index in [1.54, 1.807) is 6.92 Å². The number of nitrogens with one attached hydrogen (secondary N) is 1. The summed E-state index contributed by atoms with van der Waals surface area (Å²) >= 11 is 0. The fraction of sp³-hybridized carbons (Fsp3) is 0.273. The number of anilines is 1. The Kier molecular flexibility index (Phi) is 5.24. The monoisotopic (exact) mass is 472 g/mol. The second-order valence-electron chi connectivity index (χ2n) is 7.84. The van der Waals surface area contributed by atoms with Crippen molar-refractivity contribution in [3.05, 3.63) is 53.5 Å². The van der Waals surface area contributed by atoms with Crippen molar-refractivity contribution < 1.29 is 27.8 Å². The summed E-state index contributed by atoms with van der Waals surface area (Å²) in [5.41, 5.74) is 1.58. The molecule has 0 aliphatic carbocycles. The molecule has 176 valence electrons. The van der Waals surface area contributed by atoms with Gasteiger partial charge in [-0.15, -0.1) is 0 Å². The molecule has 4 aromatic rings. The Hall–Kier alpha value is -3.93. The Bertz CT molecular complexity index is 1370. The Morgan fingerprint density at radius 3 is 2.47 bits per heavy atom. The molecular formula is C22H19F3N6O3. The molecule has 0 atom stereocenters. The van der Waals surface area contributed by atoms with Crippen molar-refractivity contribution in [3.8, 4) is 16.9 Å². The highest BCUT2D eigenvalue weighted by atomic mass is 19.4. The number of H-pyrrole nitrogens is 1. The SMILES string of the molecule is Cc1nn(-c2cc(C(F)(F)F)[nH]n2)c2nc(C(=O)O)cc(-c3ccc(N4CCOCC4)cc3)c12. The summed E-state index contributed by atoms with van der Waals surface area (Å²) in [4.78, 5) is 18.2. The molecule has 1 aromatic carbocycles. The van der Waals surface area contributed by atoms with E-state index in [1.165, 1.54) is 6.07 Å². The highest BCUT2D eigenvalue weighted by molar-refractivity contribution is 6.00. The topological polar surface area (TPSA) is 109 Å². The van der Waals surface area contributed by atoms with E-state index < -0.39 is 17.8 Å². The minimum Gasteiger partial charge on any atom is -0.477 e. The first-order valence-corrected chi connectivity index (χ1v) is 10.4. The number of aryl methyl sites for hydroxylation is 1. The van der Waals surface area contributed by atoms with Crippen molar-refractivity contribution in [1.82, 2.24) is 25.0 Å². The number of rotatable bonds is 4. The number of hydrogen-bond acceptors (Lipinski definition) is 6. The zero-order chi connectivity index (χ0) is 24.0. The molecule has 12 heteroatoms. The van der Waals surface area contributed by atoms with E-state index in [0.29, 0.717) is 29.9 Å². The van der Waals surface area contributed by atoms with Crippen LogP contribution in [0, 0.1) is 6.92 Å². The standard InChI is InChI=1S/C22H19F3N6O3/c1-12-19-15(13-2-4-14(5-3-13)30-6-8-34-9-7-30)10-16(21(32)33)26-20(19)31(29-12)18-11-17(27-28-18)22(23,24)25/h2-5,10-11H,6-9H2,1H3,(H,27,28)(H,32,33). The lowest BCUT2D eigenvalue weighted by atomic mass is 10.0. The first kappa shape index (κ1) is 21.9. The third-order valence-corrected chi connectivity index (χ3v) is 5.67. The smallest absolute Gasteiger partial charge is 0.432 e. The van der Waals surface area contributed by atoms with Crippen molar-refractivity contribution >= 4 is 22.7 Å². The lowest BCUT2D eigenvalue weighted by Gasteiger charge is -2.29. The number of carboxylic acids is 1. The summed E-state index contributed by atoms with van der Waals surface area (Å²) in [5.74, 6) is -1.41. The molecule has 0 unspecified atom stereocenters. The van der Waals surface area contributed by atoms with Crippen molar-refractivity contribution in [2.24, 2.45) is 0 Å². The maximum absolute atomic E-state index is 13.1. The zero-order valence-corrected chi connectivity index (χ0v) is 17.9. The molecule has 1 fully saturated rings. The number of halogens is 3. The van der Waals surface area contributed by atoms with Crippen molar-refractivity contribution in [2.45, 2.75) is 13.1 Å². The molecular weight excluding hydrogens is 453 g/mol. The van der Waals surface area contributed by atoms with Crippen LogP contribution in [0.5, 0.6) is 0 Å². The van der Waals surface area contributed by atoms with Crippen LogP contribution in [-0.2, 0) is 10.9 Å². The number of nitrogens with zero attached hydrogens (tertiary/aromatic N) is 5. The van der Waals surface area contributed by atoms with Crippen LogP contribution in [0.3, 0.4) is 0 Å². The first-order valence-electron chi connectivity index (χ1n) is 10.4. The molecule has 1 aliphatic heterocycles. The summed E-state index contributed by atoms with van der Waals surface area (Å²) in [7, 11) is 0. The second-order valence-corrected chi connectivity index (χ2v) is 7.84. The number of carboxylic acid groups (broad SMARTS) is 1. The molecule has 2 N–H and O–H groups in total. The number of aromatic carboxylic acids is 1. The van der Waals surface area contributed by atoms with Crippen LogP contribution < -0.4 is 4.90 Å². The van der Waals surface area contributed by atoms with Gasteiger partial charge in [-0.05, 0) is 36.2 Å². The van der Waals surface area contributed by atoms with Crippen LogP contribution >= 0.6 is 0 Å². The molecule has 1 saturated heterocycles. The van der Waals surface area contributed by atoms with Crippen LogP contribution in [0.1, 0.15) is 21.9 Å². The summed E-state index contributed by atoms with van der Waals surface area (Å²) < 4.78 is 45.7. The zero-order valence-electron chi connectivity index (χ0n) is 17.9. The average molecular weight is 472 g/mol. The minimum absolute atomic E-state index is 0.102. The number of fused-ring (bicyclic) bond motifs is 1. The number of hydrogen-bond donors (Lipinski definition) is 2. The van der Waals surface area contributed by atoms with Crippen molar-refractivity contribution in [2.75, 3.05) is 31.2 Å². The van der Waals surface area contributed by atoms with Gasteiger partial charge in [0.2, 0.25) is 0 Å². The predicted molar refractivity (Wildman–Crippen MR) is 116 cm³/mol. The number of aromatic nitrogens is 5. The number of benzene rings is 1. The molecule has 0 bridgehead atoms. The molecule has 0 amide bonds. The van der Waals surface area contributed by atoms with E-state index in [4.69, 9.17) is 4.74 Å². The number of alkyl halides is 3. The molecule has 5 rings (SSSR count). The molecule has 1 aliphatic rings. The summed E-state index contributed by atoms with van der Waals surface area (Å²) in [6.45, 7) is 4.53. The fourth-order valence-electron chi connectivity index (χ4n) is 4.02. The molecule has 0 spiro atoms. The predicted octanol–water partition coefficient (Wildman–Crippen LogP) is 3.67. The van der Waals surface area contributed by atoms with Crippen molar-refractivity contribution in [1.29, 1.82) is 0 Å². The fourth-order valence-corrected chi connectivity index (χ4v) is 4.02. The number of ether oxygens (including phenoxy) is 1. The van der Waals surface area contributed by atoms with E-state index >= 15 is 0 Å². The van der Waals surface area contributed by atoms with E-state index in [9.17, 15) is 23.1 Å². The molecule has 3 aromatic heterocycles. The lowest BCUT2D eigenvalue weighted by molar-refractivity contribution is -0.141. The van der Waals surface area contributed by atoms with Gasteiger partial charge in [-0.3, -0.25) is 5.10 Å². The highest BCUT2D eigenvalue weighted by Crippen LogP contribution is 2.34. The van der Waals surface area contributed by atoms with Crippen LogP contribution in [0.4, 0.5) is 18.9 Å². The average Bonchev–Trinajstić information content (AvgIpc) is 3.44. The second kappa shape index (κ2) is 8.13. The van der Waals surface area contributed by atoms with Crippen LogP contribution in [0.15, 0.2) is 36.4 Å². The summed E-state index contributed by atoms with van der Waals surface area (Å²) in [6, 6.07) is 9.88. The molecule has 0 radical (unpaired) electrons. The first-order chi connectivity index (χ1) is 16.2. The van der Waals surface area contributed by atoms with Gasteiger partial charge in [0, 0.05) is 24.8 Å². The number of carbonyl (C=O) groups is 1. The third kappa shape index (κ3) is 3.85. The Morgan fingerprint density at radius 2 is 1.85 bits per heavy atom. The highest BCUT2D eigenvalue weighted by Gasteiger charge is 2.34. The largest absolute Gasteiger partial charge is 0.477 e. The maximum Gasteiger partial charge on any atom is 0.432 e. The van der Waals surface area contributed by atoms with Gasteiger partial charge in [-0.1, -0.05) is 12.1 Å². The van der Waals surface area contributed by atoms with Gasteiger partial charge in [0.05, 0.1) is 24.3 Å². The van der Waals surface area contributed by atoms with Gasteiger partial charge in [0.15, 0.2) is 17.2 Å².